The van der Waals surface area contributed by atoms with Crippen LogP contribution in [0.5, 0.6) is 0 Å². The van der Waals surface area contributed by atoms with E-state index in [1.807, 2.05) is 6.92 Å². The predicted octanol–water partition coefficient (Wildman–Crippen LogP) is 2.81. The second-order valence-corrected chi connectivity index (χ2v) is 11.0. The molecule has 1 aliphatic rings. The van der Waals surface area contributed by atoms with Gasteiger partial charge < -0.3 is 0 Å². The van der Waals surface area contributed by atoms with Crippen LogP contribution in [0.4, 0.5) is 0 Å². The predicted molar refractivity (Wildman–Crippen MR) is 103 cm³/mol. The number of sulfonamides is 1. The maximum Gasteiger partial charge on any atom is 0.283 e. The molecule has 0 N–H and O–H groups in total. The van der Waals surface area contributed by atoms with Gasteiger partial charge in [-0.3, -0.25) is 0 Å². The van der Waals surface area contributed by atoms with Crippen molar-refractivity contribution in [2.24, 2.45) is 5.92 Å². The summed E-state index contributed by atoms with van der Waals surface area (Å²) < 4.78 is 54.4. The van der Waals surface area contributed by atoms with Crippen LogP contribution in [-0.2, 0) is 20.0 Å². The number of benzene rings is 1. The van der Waals surface area contributed by atoms with Gasteiger partial charge in [-0.05, 0) is 56.9 Å². The largest absolute Gasteiger partial charge is 0.283 e. The fourth-order valence-corrected chi connectivity index (χ4v) is 6.91. The number of hydrogen-bond acceptors (Lipinski definition) is 5. The van der Waals surface area contributed by atoms with Crippen LogP contribution in [0.2, 0.25) is 5.02 Å². The second-order valence-electron chi connectivity index (χ2n) is 6.91. The van der Waals surface area contributed by atoms with Crippen LogP contribution in [0.3, 0.4) is 0 Å². The number of nitrogens with zero attached hydrogens (tertiary/aromatic N) is 3. The molecule has 1 unspecified atom stereocenters. The lowest BCUT2D eigenvalue weighted by molar-refractivity contribution is 0.281. The van der Waals surface area contributed by atoms with E-state index in [1.165, 1.54) is 42.4 Å². The van der Waals surface area contributed by atoms with E-state index in [-0.39, 0.29) is 27.1 Å². The summed E-state index contributed by atoms with van der Waals surface area (Å²) >= 11 is 5.82. The molecule has 1 atom stereocenters. The van der Waals surface area contributed by atoms with E-state index < -0.39 is 20.0 Å². The van der Waals surface area contributed by atoms with E-state index >= 15 is 0 Å². The maximum atomic E-state index is 13.2. The average molecular weight is 432 g/mol. The molecule has 0 amide bonds. The third kappa shape index (κ3) is 3.65. The molecule has 0 bridgehead atoms. The molecule has 7 nitrogen and oxygen atoms in total. The summed E-state index contributed by atoms with van der Waals surface area (Å²) in [5, 5.41) is 4.46. The van der Waals surface area contributed by atoms with Gasteiger partial charge in [-0.2, -0.15) is 21.9 Å². The van der Waals surface area contributed by atoms with Gasteiger partial charge in [0, 0.05) is 18.1 Å². The minimum absolute atomic E-state index is 0.00644. The lowest BCUT2D eigenvalue weighted by atomic mass is 10.0. The Morgan fingerprint density at radius 3 is 2.30 bits per heavy atom. The Bertz CT molecular complexity index is 1060. The molecule has 148 valence electrons. The standard InChI is InChI=1S/C17H22ClN3O4S2/c1-12-5-4-10-20(11-12)27(24,25)17-13(2)19-21(14(17)3)26(22,23)16-8-6-15(18)7-9-16/h6-9,12H,4-5,10-11H2,1-3H3. The molecule has 10 heteroatoms. The molecular formula is C17H22ClN3O4S2. The summed E-state index contributed by atoms with van der Waals surface area (Å²) in [6, 6.07) is 5.67. The van der Waals surface area contributed by atoms with E-state index in [1.54, 1.807) is 0 Å². The Balaban J connectivity index is 2.08. The summed E-state index contributed by atoms with van der Waals surface area (Å²) in [5.41, 5.74) is 0.254. The van der Waals surface area contributed by atoms with Crippen molar-refractivity contribution in [3.8, 4) is 0 Å². The van der Waals surface area contributed by atoms with Crippen molar-refractivity contribution in [1.29, 1.82) is 0 Å². The second kappa shape index (κ2) is 7.20. The minimum atomic E-state index is -4.03. The van der Waals surface area contributed by atoms with Crippen LogP contribution in [0.1, 0.15) is 31.2 Å². The molecule has 1 aromatic heterocycles. The Morgan fingerprint density at radius 1 is 1.07 bits per heavy atom. The molecule has 1 saturated heterocycles. The van der Waals surface area contributed by atoms with Crippen LogP contribution in [0.15, 0.2) is 34.1 Å². The van der Waals surface area contributed by atoms with E-state index in [9.17, 15) is 16.8 Å². The van der Waals surface area contributed by atoms with Gasteiger partial charge in [0.1, 0.15) is 4.90 Å². The fourth-order valence-electron chi connectivity index (χ4n) is 3.41. The number of rotatable bonds is 4. The molecule has 2 aromatic rings. The lowest BCUT2D eigenvalue weighted by Crippen LogP contribution is -2.39. The van der Waals surface area contributed by atoms with Crippen molar-refractivity contribution in [2.75, 3.05) is 13.1 Å². The molecule has 1 fully saturated rings. The van der Waals surface area contributed by atoms with E-state index in [0.717, 1.165) is 16.9 Å². The third-order valence-corrected chi connectivity index (χ3v) is 8.79. The molecule has 0 saturated carbocycles. The van der Waals surface area contributed by atoms with E-state index in [4.69, 9.17) is 11.6 Å². The van der Waals surface area contributed by atoms with Gasteiger partial charge >= 0.3 is 0 Å². The Labute approximate surface area is 165 Å². The Kier molecular flexibility index (Phi) is 5.42. The molecule has 0 aliphatic carbocycles. The van der Waals surface area contributed by atoms with Crippen LogP contribution >= 0.6 is 11.6 Å². The highest BCUT2D eigenvalue weighted by Crippen LogP contribution is 2.29. The Hall–Kier alpha value is -1.42. The first-order valence-corrected chi connectivity index (χ1v) is 11.9. The quantitative estimate of drug-likeness (QED) is 0.742. The summed E-state index contributed by atoms with van der Waals surface area (Å²) in [7, 11) is -7.85. The van der Waals surface area contributed by atoms with E-state index in [0.29, 0.717) is 18.1 Å². The smallest absolute Gasteiger partial charge is 0.207 e. The van der Waals surface area contributed by atoms with Gasteiger partial charge in [-0.15, -0.1) is 0 Å². The zero-order valence-electron chi connectivity index (χ0n) is 15.4. The van der Waals surface area contributed by atoms with Crippen molar-refractivity contribution in [2.45, 2.75) is 43.4 Å². The van der Waals surface area contributed by atoms with E-state index in [2.05, 4.69) is 5.10 Å². The lowest BCUT2D eigenvalue weighted by Gasteiger charge is -2.30. The van der Waals surface area contributed by atoms with Gasteiger partial charge in [0.05, 0.1) is 16.3 Å². The summed E-state index contributed by atoms with van der Waals surface area (Å²) in [5.74, 6) is 0.266. The molecule has 3 rings (SSSR count). The van der Waals surface area contributed by atoms with Gasteiger partial charge in [-0.25, -0.2) is 8.42 Å². The monoisotopic (exact) mass is 431 g/mol. The summed E-state index contributed by atoms with van der Waals surface area (Å²) in [6.07, 6.45) is 1.77. The van der Waals surface area contributed by atoms with Gasteiger partial charge in [0.15, 0.2) is 0 Å². The molecule has 1 aromatic carbocycles. The van der Waals surface area contributed by atoms with Crippen molar-refractivity contribution in [1.82, 2.24) is 13.5 Å². The van der Waals surface area contributed by atoms with Gasteiger partial charge in [0.2, 0.25) is 10.0 Å². The third-order valence-electron chi connectivity index (χ3n) is 4.74. The molecule has 1 aliphatic heterocycles. The molecule has 27 heavy (non-hydrogen) atoms. The number of aryl methyl sites for hydroxylation is 1. The summed E-state index contributed by atoms with van der Waals surface area (Å²) in [4.78, 5) is -0.0396. The summed E-state index contributed by atoms with van der Waals surface area (Å²) in [6.45, 7) is 5.85. The highest BCUT2D eigenvalue weighted by atomic mass is 35.5. The zero-order valence-corrected chi connectivity index (χ0v) is 17.8. The number of aromatic nitrogens is 2. The minimum Gasteiger partial charge on any atom is -0.207 e. The normalized spacial score (nSPS) is 19.3. The molecule has 0 spiro atoms. The van der Waals surface area contributed by atoms with Crippen molar-refractivity contribution >= 4 is 31.6 Å². The molecular weight excluding hydrogens is 410 g/mol. The average Bonchev–Trinajstić information content (AvgIpc) is 2.91. The van der Waals surface area contributed by atoms with Crippen LogP contribution in [0.25, 0.3) is 0 Å². The number of halogens is 1. The fraction of sp³-hybridized carbons (Fsp3) is 0.471. The SMILES string of the molecule is Cc1nn(S(=O)(=O)c2ccc(Cl)cc2)c(C)c1S(=O)(=O)N1CCCC(C)C1. The topological polar surface area (TPSA) is 89.3 Å². The van der Waals surface area contributed by atoms with Gasteiger partial charge in [0.25, 0.3) is 10.0 Å². The number of piperidine rings is 1. The van der Waals surface area contributed by atoms with Crippen LogP contribution < -0.4 is 0 Å². The van der Waals surface area contributed by atoms with Crippen molar-refractivity contribution < 1.29 is 16.8 Å². The van der Waals surface area contributed by atoms with Crippen molar-refractivity contribution in [3.05, 3.63) is 40.7 Å². The Morgan fingerprint density at radius 2 is 1.70 bits per heavy atom. The zero-order chi connectivity index (χ0) is 20.0. The first-order chi connectivity index (χ1) is 12.5. The van der Waals surface area contributed by atoms with Crippen LogP contribution in [0, 0.1) is 19.8 Å². The highest BCUT2D eigenvalue weighted by molar-refractivity contribution is 7.90. The molecule has 0 radical (unpaired) electrons. The van der Waals surface area contributed by atoms with Crippen LogP contribution in [-0.4, -0.2) is 43.4 Å². The maximum absolute atomic E-state index is 13.2. The first kappa shape index (κ1) is 20.3. The van der Waals surface area contributed by atoms with Crippen molar-refractivity contribution in [3.63, 3.8) is 0 Å². The highest BCUT2D eigenvalue weighted by Gasteiger charge is 2.35. The first-order valence-electron chi connectivity index (χ1n) is 8.62. The number of hydrogen-bond donors (Lipinski definition) is 0. The molecule has 2 heterocycles. The van der Waals surface area contributed by atoms with Gasteiger partial charge in [-0.1, -0.05) is 18.5 Å².